The molecule has 1 atom stereocenters. The van der Waals surface area contributed by atoms with Crippen LogP contribution in [0.25, 0.3) is 0 Å². The van der Waals surface area contributed by atoms with Gasteiger partial charge in [0.1, 0.15) is 0 Å². The summed E-state index contributed by atoms with van der Waals surface area (Å²) in [6, 6.07) is 0.271. The van der Waals surface area contributed by atoms with Crippen LogP contribution in [0, 0.1) is 5.92 Å². The summed E-state index contributed by atoms with van der Waals surface area (Å²) in [6.07, 6.45) is 1.63. The summed E-state index contributed by atoms with van der Waals surface area (Å²) in [5.41, 5.74) is 0. The van der Waals surface area contributed by atoms with Gasteiger partial charge in [-0.1, -0.05) is 13.8 Å². The van der Waals surface area contributed by atoms with Crippen molar-refractivity contribution < 1.29 is 19.4 Å². The summed E-state index contributed by atoms with van der Waals surface area (Å²) in [7, 11) is 0. The highest BCUT2D eigenvalue weighted by molar-refractivity contribution is 5.74. The Kier molecular flexibility index (Phi) is 7.92. The number of carbonyl (C=O) groups is 2. The Morgan fingerprint density at radius 3 is 2.60 bits per heavy atom. The molecule has 1 aliphatic heterocycles. The van der Waals surface area contributed by atoms with Gasteiger partial charge < -0.3 is 20.5 Å². The molecule has 25 heavy (non-hydrogen) atoms. The number of likely N-dealkylation sites (N-methyl/N-ethyl adjacent to an activating group) is 1. The number of morpholine rings is 1. The van der Waals surface area contributed by atoms with E-state index in [2.05, 4.69) is 22.5 Å². The Bertz CT molecular complexity index is 436. The molecule has 0 aromatic carbocycles. The van der Waals surface area contributed by atoms with E-state index in [1.165, 1.54) is 0 Å². The van der Waals surface area contributed by atoms with E-state index in [0.717, 1.165) is 52.2 Å². The second kappa shape index (κ2) is 9.94. The van der Waals surface area contributed by atoms with E-state index >= 15 is 0 Å². The Labute approximate surface area is 149 Å². The monoisotopic (exact) mass is 356 g/mol. The molecular weight excluding hydrogens is 324 g/mol. The average Bonchev–Trinajstić information content (AvgIpc) is 2.55. The van der Waals surface area contributed by atoms with Crippen molar-refractivity contribution in [1.29, 1.82) is 0 Å². The van der Waals surface area contributed by atoms with E-state index < -0.39 is 5.97 Å². The first-order valence-corrected chi connectivity index (χ1v) is 9.28. The third-order valence-electron chi connectivity index (χ3n) is 4.99. The van der Waals surface area contributed by atoms with Crippen LogP contribution >= 0.6 is 0 Å². The van der Waals surface area contributed by atoms with Gasteiger partial charge in [0.2, 0.25) is 0 Å². The highest BCUT2D eigenvalue weighted by Crippen LogP contribution is 2.25. The van der Waals surface area contributed by atoms with Crippen molar-refractivity contribution in [2.45, 2.75) is 38.8 Å². The van der Waals surface area contributed by atoms with Crippen molar-refractivity contribution in [2.75, 3.05) is 52.5 Å². The third kappa shape index (κ3) is 6.80. The highest BCUT2D eigenvalue weighted by atomic mass is 16.5. The van der Waals surface area contributed by atoms with Crippen molar-refractivity contribution in [3.8, 4) is 0 Å². The zero-order valence-electron chi connectivity index (χ0n) is 15.4. The number of hydrogen-bond acceptors (Lipinski definition) is 5. The maximum Gasteiger partial charge on any atom is 0.317 e. The molecule has 8 heteroatoms. The molecule has 2 fully saturated rings. The molecule has 2 rings (SSSR count). The average molecular weight is 356 g/mol. The van der Waals surface area contributed by atoms with Crippen LogP contribution < -0.4 is 10.6 Å². The number of aliphatic carboxylic acids is 1. The molecular formula is C17H32N4O4. The molecule has 0 aromatic rings. The summed E-state index contributed by atoms with van der Waals surface area (Å²) in [4.78, 5) is 27.1. The number of carbonyl (C=O) groups excluding carboxylic acids is 1. The van der Waals surface area contributed by atoms with Crippen LogP contribution in [0.3, 0.4) is 0 Å². The van der Waals surface area contributed by atoms with Crippen LogP contribution in [-0.2, 0) is 9.53 Å². The summed E-state index contributed by atoms with van der Waals surface area (Å²) in [6.45, 7) is 10.0. The number of rotatable bonds is 9. The maximum absolute atomic E-state index is 12.0. The van der Waals surface area contributed by atoms with Gasteiger partial charge >= 0.3 is 12.0 Å². The first kappa shape index (κ1) is 19.9. The van der Waals surface area contributed by atoms with E-state index in [0.29, 0.717) is 12.5 Å². The van der Waals surface area contributed by atoms with Crippen molar-refractivity contribution in [2.24, 2.45) is 5.92 Å². The Morgan fingerprint density at radius 1 is 1.32 bits per heavy atom. The lowest BCUT2D eigenvalue weighted by Gasteiger charge is -2.42. The topological polar surface area (TPSA) is 94.1 Å². The van der Waals surface area contributed by atoms with Crippen LogP contribution in [0.2, 0.25) is 0 Å². The minimum atomic E-state index is -0.801. The fourth-order valence-corrected chi connectivity index (χ4v) is 3.47. The Balaban J connectivity index is 1.57. The fourth-order valence-electron chi connectivity index (χ4n) is 3.47. The van der Waals surface area contributed by atoms with Crippen LogP contribution in [0.5, 0.6) is 0 Å². The van der Waals surface area contributed by atoms with Gasteiger partial charge in [-0.05, 0) is 25.3 Å². The fraction of sp³-hybridized carbons (Fsp3) is 0.882. The van der Waals surface area contributed by atoms with Crippen molar-refractivity contribution in [3.05, 3.63) is 0 Å². The smallest absolute Gasteiger partial charge is 0.317 e. The standard InChI is InChI=1S/C17H32N4O4/c1-3-21(12-16(22)23)15-8-14(9-15)19-17(24)18-10-13(2)11-20-4-6-25-7-5-20/h13-15H,3-12H2,1-2H3,(H,22,23)(H2,18,19,24). The van der Waals surface area contributed by atoms with E-state index in [-0.39, 0.29) is 24.7 Å². The van der Waals surface area contributed by atoms with Crippen molar-refractivity contribution in [3.63, 3.8) is 0 Å². The minimum absolute atomic E-state index is 0.0686. The van der Waals surface area contributed by atoms with Gasteiger partial charge in [0.05, 0.1) is 19.8 Å². The van der Waals surface area contributed by atoms with E-state index in [4.69, 9.17) is 9.84 Å². The number of nitrogens with one attached hydrogen (secondary N) is 2. The van der Waals surface area contributed by atoms with Crippen molar-refractivity contribution >= 4 is 12.0 Å². The lowest BCUT2D eigenvalue weighted by atomic mass is 9.85. The molecule has 1 aliphatic carbocycles. The first-order chi connectivity index (χ1) is 12.0. The van der Waals surface area contributed by atoms with Gasteiger partial charge in [-0.3, -0.25) is 14.6 Å². The molecule has 1 heterocycles. The Hall–Kier alpha value is -1.38. The van der Waals surface area contributed by atoms with Crippen LogP contribution in [0.4, 0.5) is 4.79 Å². The lowest BCUT2D eigenvalue weighted by molar-refractivity contribution is -0.139. The molecule has 3 N–H and O–H groups in total. The molecule has 144 valence electrons. The van der Waals surface area contributed by atoms with Crippen LogP contribution in [0.1, 0.15) is 26.7 Å². The maximum atomic E-state index is 12.0. The summed E-state index contributed by atoms with van der Waals surface area (Å²) in [5.74, 6) is -0.408. The SMILES string of the molecule is CCN(CC(=O)O)C1CC(NC(=O)NCC(C)CN2CCOCC2)C1. The number of nitrogens with zero attached hydrogens (tertiary/aromatic N) is 2. The van der Waals surface area contributed by atoms with E-state index in [9.17, 15) is 9.59 Å². The summed E-state index contributed by atoms with van der Waals surface area (Å²) < 4.78 is 5.34. The number of ether oxygens (including phenoxy) is 1. The second-order valence-electron chi connectivity index (χ2n) is 7.15. The second-order valence-corrected chi connectivity index (χ2v) is 7.15. The van der Waals surface area contributed by atoms with Gasteiger partial charge in [-0.2, -0.15) is 0 Å². The minimum Gasteiger partial charge on any atom is -0.480 e. The molecule has 8 nitrogen and oxygen atoms in total. The molecule has 0 spiro atoms. The third-order valence-corrected chi connectivity index (χ3v) is 4.99. The van der Waals surface area contributed by atoms with E-state index in [1.54, 1.807) is 0 Å². The van der Waals surface area contributed by atoms with Gasteiger partial charge in [0.15, 0.2) is 0 Å². The number of amides is 2. The number of urea groups is 1. The molecule has 0 bridgehead atoms. The lowest BCUT2D eigenvalue weighted by Crippen LogP contribution is -2.56. The largest absolute Gasteiger partial charge is 0.480 e. The predicted octanol–water partition coefficient (Wildman–Crippen LogP) is 0.191. The van der Waals surface area contributed by atoms with Gasteiger partial charge in [0.25, 0.3) is 0 Å². The number of carboxylic acids is 1. The van der Waals surface area contributed by atoms with Gasteiger partial charge in [-0.25, -0.2) is 4.79 Å². The zero-order chi connectivity index (χ0) is 18.2. The van der Waals surface area contributed by atoms with Gasteiger partial charge in [0, 0.05) is 38.3 Å². The number of hydrogen-bond donors (Lipinski definition) is 3. The quantitative estimate of drug-likeness (QED) is 0.546. The molecule has 0 aromatic heterocycles. The predicted molar refractivity (Wildman–Crippen MR) is 94.7 cm³/mol. The summed E-state index contributed by atoms with van der Waals surface area (Å²) >= 11 is 0. The molecule has 0 radical (unpaired) electrons. The Morgan fingerprint density at radius 2 is 2.00 bits per heavy atom. The highest BCUT2D eigenvalue weighted by Gasteiger charge is 2.34. The van der Waals surface area contributed by atoms with Gasteiger partial charge in [-0.15, -0.1) is 0 Å². The molecule has 1 saturated heterocycles. The molecule has 1 saturated carbocycles. The normalized spacial score (nSPS) is 25.2. The van der Waals surface area contributed by atoms with Crippen molar-refractivity contribution in [1.82, 2.24) is 20.4 Å². The molecule has 2 aliphatic rings. The molecule has 1 unspecified atom stereocenters. The summed E-state index contributed by atoms with van der Waals surface area (Å²) in [5, 5.41) is 14.8. The molecule has 2 amide bonds. The zero-order valence-corrected chi connectivity index (χ0v) is 15.4. The van der Waals surface area contributed by atoms with Crippen LogP contribution in [-0.4, -0.2) is 91.5 Å². The number of carboxylic acid groups (broad SMARTS) is 1. The van der Waals surface area contributed by atoms with E-state index in [1.807, 2.05) is 11.8 Å². The first-order valence-electron chi connectivity index (χ1n) is 9.28. The van der Waals surface area contributed by atoms with Crippen LogP contribution in [0.15, 0.2) is 0 Å².